The van der Waals surface area contributed by atoms with Crippen molar-refractivity contribution in [2.45, 2.75) is 11.9 Å². The molecule has 8 nitrogen and oxygen atoms in total. The van der Waals surface area contributed by atoms with Gasteiger partial charge >= 0.3 is 15.5 Å². The van der Waals surface area contributed by atoms with Crippen LogP contribution in [-0.2, 0) is 16.4 Å². The molecule has 0 bridgehead atoms. The number of pyridine rings is 1. The van der Waals surface area contributed by atoms with Gasteiger partial charge in [-0.05, 0) is 41.6 Å². The lowest BCUT2D eigenvalue weighted by atomic mass is 10.1. The summed E-state index contributed by atoms with van der Waals surface area (Å²) < 4.78 is 61.1. The zero-order chi connectivity index (χ0) is 23.6. The summed E-state index contributed by atoms with van der Waals surface area (Å²) in [5.74, 6) is 0.273. The molecule has 1 amide bonds. The van der Waals surface area contributed by atoms with Crippen molar-refractivity contribution >= 4 is 44.1 Å². The smallest absolute Gasteiger partial charge is 0.352 e. The van der Waals surface area contributed by atoms with Crippen molar-refractivity contribution in [2.75, 3.05) is 11.3 Å². The molecule has 0 aliphatic rings. The minimum atomic E-state index is -5.47. The first-order valence-corrected chi connectivity index (χ1v) is 11.9. The van der Waals surface area contributed by atoms with Gasteiger partial charge in [0.1, 0.15) is 11.3 Å². The molecule has 4 aromatic rings. The first-order valence-electron chi connectivity index (χ1n) is 9.49. The summed E-state index contributed by atoms with van der Waals surface area (Å²) in [6.45, 7) is 0.248. The van der Waals surface area contributed by atoms with Gasteiger partial charge in [-0.25, -0.2) is 9.97 Å². The maximum absolute atomic E-state index is 12.7. The third-order valence-electron chi connectivity index (χ3n) is 4.59. The number of anilines is 1. The monoisotopic (exact) mass is 495 g/mol. The molecule has 0 saturated carbocycles. The molecule has 3 N–H and O–H groups in total. The molecular weight excluding hydrogens is 479 g/mol. The number of nitrogens with zero attached hydrogens (tertiary/aromatic N) is 2. The summed E-state index contributed by atoms with van der Waals surface area (Å²) in [5.41, 5.74) is -3.62. The second-order valence-electron chi connectivity index (χ2n) is 6.87. The third-order valence-corrected chi connectivity index (χ3v) is 6.58. The van der Waals surface area contributed by atoms with Gasteiger partial charge in [0.2, 0.25) is 0 Å². The molecule has 0 atom stereocenters. The first kappa shape index (κ1) is 22.7. The normalized spacial score (nSPS) is 12.1. The molecule has 4 rings (SSSR count). The van der Waals surface area contributed by atoms with Crippen LogP contribution >= 0.6 is 11.3 Å². The van der Waals surface area contributed by atoms with Crippen LogP contribution in [0.1, 0.15) is 15.9 Å². The number of hydrogen-bond acceptors (Lipinski definition) is 6. The average molecular weight is 496 g/mol. The first-order chi connectivity index (χ1) is 15.6. The highest BCUT2D eigenvalue weighted by Gasteiger charge is 2.46. The Morgan fingerprint density at radius 1 is 1.12 bits per heavy atom. The Morgan fingerprint density at radius 3 is 2.55 bits per heavy atom. The lowest BCUT2D eigenvalue weighted by Crippen LogP contribution is -2.29. The number of aromatic amines is 1. The molecule has 0 fully saturated rings. The number of H-pyrrole nitrogens is 1. The van der Waals surface area contributed by atoms with E-state index < -0.39 is 15.5 Å². The Morgan fingerprint density at radius 2 is 1.88 bits per heavy atom. The number of imidazole rings is 1. The van der Waals surface area contributed by atoms with Crippen LogP contribution in [0.15, 0.2) is 54.0 Å². The van der Waals surface area contributed by atoms with Gasteiger partial charge in [-0.3, -0.25) is 9.52 Å². The standard InChI is InChI=1S/C20H16F3N5O3S2/c21-20(22,23)33(30,31)28-13-5-3-12(4-6-13)7-9-25-19(29)14-8-10-24-18-16(14)26-17(27-18)15-2-1-11-32-15/h1-6,8,10-11,28H,7,9H2,(H,25,29)(H,24,26,27). The van der Waals surface area contributed by atoms with Crippen LogP contribution in [0.25, 0.3) is 21.9 Å². The number of fused-ring (bicyclic) bond motifs is 1. The van der Waals surface area contributed by atoms with Crippen molar-refractivity contribution in [2.24, 2.45) is 0 Å². The summed E-state index contributed by atoms with van der Waals surface area (Å²) >= 11 is 1.51. The molecule has 0 spiro atoms. The number of rotatable bonds is 7. The molecule has 172 valence electrons. The summed E-state index contributed by atoms with van der Waals surface area (Å²) in [6, 6.07) is 10.8. The van der Waals surface area contributed by atoms with E-state index in [9.17, 15) is 26.4 Å². The van der Waals surface area contributed by atoms with Gasteiger partial charge in [0.25, 0.3) is 5.91 Å². The molecule has 0 aliphatic heterocycles. The highest BCUT2D eigenvalue weighted by atomic mass is 32.2. The van der Waals surface area contributed by atoms with Crippen molar-refractivity contribution in [1.29, 1.82) is 0 Å². The fourth-order valence-corrected chi connectivity index (χ4v) is 4.22. The van der Waals surface area contributed by atoms with Crippen LogP contribution in [0.4, 0.5) is 18.9 Å². The Balaban J connectivity index is 1.38. The van der Waals surface area contributed by atoms with E-state index in [1.165, 1.54) is 46.5 Å². The summed E-state index contributed by atoms with van der Waals surface area (Å²) in [4.78, 5) is 25.4. The van der Waals surface area contributed by atoms with Crippen molar-refractivity contribution < 1.29 is 26.4 Å². The Bertz CT molecular complexity index is 1380. The SMILES string of the molecule is O=C(NCCc1ccc(NS(=O)(=O)C(F)(F)F)cc1)c1ccnc2[nH]c(-c3cccs3)nc12. The molecule has 0 aliphatic carbocycles. The maximum atomic E-state index is 12.7. The van der Waals surface area contributed by atoms with Crippen LogP contribution in [-0.4, -0.2) is 41.3 Å². The van der Waals surface area contributed by atoms with Crippen LogP contribution < -0.4 is 10.0 Å². The van der Waals surface area contributed by atoms with E-state index in [1.807, 2.05) is 17.5 Å². The molecule has 0 unspecified atom stereocenters. The highest BCUT2D eigenvalue weighted by Crippen LogP contribution is 2.26. The van der Waals surface area contributed by atoms with Crippen molar-refractivity contribution in [1.82, 2.24) is 20.3 Å². The minimum absolute atomic E-state index is 0.209. The van der Waals surface area contributed by atoms with E-state index in [1.54, 1.807) is 6.07 Å². The van der Waals surface area contributed by atoms with E-state index in [0.717, 1.165) is 4.88 Å². The van der Waals surface area contributed by atoms with Gasteiger partial charge in [0, 0.05) is 18.4 Å². The molecular formula is C20H16F3N5O3S2. The Kier molecular flexibility index (Phi) is 6.08. The zero-order valence-corrected chi connectivity index (χ0v) is 18.3. The number of aromatic nitrogens is 3. The van der Waals surface area contributed by atoms with Gasteiger partial charge in [-0.2, -0.15) is 21.6 Å². The van der Waals surface area contributed by atoms with Gasteiger partial charge in [-0.15, -0.1) is 11.3 Å². The molecule has 0 radical (unpaired) electrons. The van der Waals surface area contributed by atoms with Gasteiger partial charge < -0.3 is 10.3 Å². The second kappa shape index (κ2) is 8.83. The largest absolute Gasteiger partial charge is 0.516 e. The van der Waals surface area contributed by atoms with Gasteiger partial charge in [-0.1, -0.05) is 18.2 Å². The van der Waals surface area contributed by atoms with Crippen molar-refractivity contribution in [3.8, 4) is 10.7 Å². The number of carbonyl (C=O) groups is 1. The molecule has 3 aromatic heterocycles. The third kappa shape index (κ3) is 4.98. The molecule has 1 aromatic carbocycles. The van der Waals surface area contributed by atoms with E-state index in [0.29, 0.717) is 34.5 Å². The number of hydrogen-bond donors (Lipinski definition) is 3. The molecule has 13 heteroatoms. The van der Waals surface area contributed by atoms with Crippen LogP contribution in [0.5, 0.6) is 0 Å². The molecule has 0 saturated heterocycles. The van der Waals surface area contributed by atoms with E-state index in [-0.39, 0.29) is 18.1 Å². The fourth-order valence-electron chi connectivity index (χ4n) is 2.99. The van der Waals surface area contributed by atoms with E-state index in [2.05, 4.69) is 20.3 Å². The molecule has 3 heterocycles. The quantitative estimate of drug-likeness (QED) is 0.359. The number of nitrogens with one attached hydrogen (secondary N) is 3. The van der Waals surface area contributed by atoms with Gasteiger partial charge in [0.15, 0.2) is 5.65 Å². The number of halogens is 3. The number of amides is 1. The van der Waals surface area contributed by atoms with Gasteiger partial charge in [0.05, 0.1) is 10.4 Å². The Hall–Kier alpha value is -3.45. The number of sulfonamides is 1. The minimum Gasteiger partial charge on any atom is -0.352 e. The van der Waals surface area contributed by atoms with Crippen LogP contribution in [0.2, 0.25) is 0 Å². The predicted octanol–water partition coefficient (Wildman–Crippen LogP) is 3.92. The number of thiophene rings is 1. The summed E-state index contributed by atoms with van der Waals surface area (Å²) in [5, 5.41) is 4.70. The topological polar surface area (TPSA) is 117 Å². The second-order valence-corrected chi connectivity index (χ2v) is 9.49. The van der Waals surface area contributed by atoms with E-state index in [4.69, 9.17) is 0 Å². The van der Waals surface area contributed by atoms with Crippen molar-refractivity contribution in [3.63, 3.8) is 0 Å². The fraction of sp³-hybridized carbons (Fsp3) is 0.150. The zero-order valence-electron chi connectivity index (χ0n) is 16.7. The number of benzene rings is 1. The number of alkyl halides is 3. The lowest BCUT2D eigenvalue weighted by Gasteiger charge is -2.11. The lowest BCUT2D eigenvalue weighted by molar-refractivity contribution is -0.0429. The Labute approximate surface area is 189 Å². The maximum Gasteiger partial charge on any atom is 0.516 e. The summed E-state index contributed by atoms with van der Waals surface area (Å²) in [7, 11) is -5.47. The van der Waals surface area contributed by atoms with E-state index >= 15 is 0 Å². The molecule has 33 heavy (non-hydrogen) atoms. The highest BCUT2D eigenvalue weighted by molar-refractivity contribution is 7.93. The van der Waals surface area contributed by atoms with Crippen LogP contribution in [0, 0.1) is 0 Å². The van der Waals surface area contributed by atoms with Crippen molar-refractivity contribution in [3.05, 3.63) is 65.2 Å². The average Bonchev–Trinajstić information content (AvgIpc) is 3.43. The van der Waals surface area contributed by atoms with Crippen LogP contribution in [0.3, 0.4) is 0 Å². The number of carbonyl (C=O) groups excluding carboxylic acids is 1. The predicted molar refractivity (Wildman–Crippen MR) is 118 cm³/mol. The summed E-state index contributed by atoms with van der Waals surface area (Å²) in [6.07, 6.45) is 1.89.